The Kier molecular flexibility index (Phi) is 5.71. The van der Waals surface area contributed by atoms with Gasteiger partial charge in [0.05, 0.1) is 26.2 Å². The van der Waals surface area contributed by atoms with Gasteiger partial charge in [-0.1, -0.05) is 6.07 Å². The molecule has 0 saturated carbocycles. The van der Waals surface area contributed by atoms with Crippen molar-refractivity contribution in [2.75, 3.05) is 32.1 Å². The van der Waals surface area contributed by atoms with Crippen molar-refractivity contribution in [2.24, 2.45) is 0 Å². The van der Waals surface area contributed by atoms with Gasteiger partial charge in [-0.05, 0) is 19.1 Å². The van der Waals surface area contributed by atoms with Crippen molar-refractivity contribution in [3.05, 3.63) is 24.3 Å². The summed E-state index contributed by atoms with van der Waals surface area (Å²) in [5.41, 5.74) is 0.536. The molecule has 1 aliphatic rings. The Morgan fingerprint density at radius 1 is 1.46 bits per heavy atom. The topological polar surface area (TPSA) is 70.7 Å². The first-order chi connectivity index (χ1) is 11.3. The summed E-state index contributed by atoms with van der Waals surface area (Å²) in [4.78, 5) is 25.7. The quantitative estimate of drug-likeness (QED) is 0.822. The summed E-state index contributed by atoms with van der Waals surface area (Å²) in [6.45, 7) is 1.24. The Balaban J connectivity index is 1.94. The number of methoxy groups -OCH3 is 1. The highest BCUT2D eigenvalue weighted by Gasteiger charge is 2.43. The van der Waals surface area contributed by atoms with Gasteiger partial charge in [-0.3, -0.25) is 14.9 Å². The van der Waals surface area contributed by atoms with Gasteiger partial charge in [-0.2, -0.15) is 0 Å². The standard InChI is InChI=1S/C16H21F2N3O3/c1-3-21(15(23)13-8-16(17,18)10-19-13)9-14(22)20-11-5-4-6-12(7-11)24-2/h4-7,13,19H,3,8-10H2,1-2H3,(H,20,22). The van der Waals surface area contributed by atoms with E-state index in [0.29, 0.717) is 11.4 Å². The van der Waals surface area contributed by atoms with Crippen molar-refractivity contribution in [2.45, 2.75) is 25.3 Å². The molecule has 0 aromatic heterocycles. The first-order valence-electron chi connectivity index (χ1n) is 7.68. The van der Waals surface area contributed by atoms with Crippen LogP contribution in [0, 0.1) is 0 Å². The fourth-order valence-corrected chi connectivity index (χ4v) is 2.53. The van der Waals surface area contributed by atoms with Crippen molar-refractivity contribution in [1.82, 2.24) is 10.2 Å². The average molecular weight is 341 g/mol. The normalized spacial score (nSPS) is 18.9. The van der Waals surface area contributed by atoms with Crippen molar-refractivity contribution in [3.8, 4) is 5.75 Å². The van der Waals surface area contributed by atoms with Gasteiger partial charge >= 0.3 is 0 Å². The number of anilines is 1. The number of nitrogens with zero attached hydrogens (tertiary/aromatic N) is 1. The highest BCUT2D eigenvalue weighted by Crippen LogP contribution is 2.26. The zero-order chi connectivity index (χ0) is 17.7. The highest BCUT2D eigenvalue weighted by molar-refractivity contribution is 5.95. The fourth-order valence-electron chi connectivity index (χ4n) is 2.53. The van der Waals surface area contributed by atoms with Crippen molar-refractivity contribution in [3.63, 3.8) is 0 Å². The third kappa shape index (κ3) is 4.64. The second-order valence-electron chi connectivity index (χ2n) is 5.63. The highest BCUT2D eigenvalue weighted by atomic mass is 19.3. The zero-order valence-electron chi connectivity index (χ0n) is 13.6. The van der Waals surface area contributed by atoms with E-state index in [1.54, 1.807) is 31.2 Å². The van der Waals surface area contributed by atoms with Crippen LogP contribution < -0.4 is 15.4 Å². The van der Waals surface area contributed by atoms with Gasteiger partial charge in [0.2, 0.25) is 11.8 Å². The summed E-state index contributed by atoms with van der Waals surface area (Å²) in [7, 11) is 1.52. The first kappa shape index (κ1) is 18.1. The van der Waals surface area contributed by atoms with Crippen LogP contribution in [0.1, 0.15) is 13.3 Å². The van der Waals surface area contributed by atoms with E-state index >= 15 is 0 Å². The molecule has 132 valence electrons. The van der Waals surface area contributed by atoms with Crippen LogP contribution in [0.5, 0.6) is 5.75 Å². The Morgan fingerprint density at radius 3 is 2.79 bits per heavy atom. The molecule has 6 nitrogen and oxygen atoms in total. The lowest BCUT2D eigenvalue weighted by molar-refractivity contribution is -0.136. The van der Waals surface area contributed by atoms with E-state index in [1.165, 1.54) is 12.0 Å². The summed E-state index contributed by atoms with van der Waals surface area (Å²) in [5.74, 6) is -3.19. The maximum Gasteiger partial charge on any atom is 0.262 e. The molecule has 24 heavy (non-hydrogen) atoms. The molecule has 1 unspecified atom stereocenters. The number of carbonyl (C=O) groups excluding carboxylic acids is 2. The van der Waals surface area contributed by atoms with E-state index in [1.807, 2.05) is 0 Å². The lowest BCUT2D eigenvalue weighted by atomic mass is 10.1. The van der Waals surface area contributed by atoms with Crippen LogP contribution in [0.15, 0.2) is 24.3 Å². The van der Waals surface area contributed by atoms with Gasteiger partial charge < -0.3 is 15.0 Å². The van der Waals surface area contributed by atoms with E-state index in [4.69, 9.17) is 4.74 Å². The summed E-state index contributed by atoms with van der Waals surface area (Å²) in [6, 6.07) is 5.85. The predicted octanol–water partition coefficient (Wildman–Crippen LogP) is 1.48. The molecule has 1 saturated heterocycles. The smallest absolute Gasteiger partial charge is 0.262 e. The van der Waals surface area contributed by atoms with Gasteiger partial charge in [0, 0.05) is 24.7 Å². The maximum atomic E-state index is 13.2. The van der Waals surface area contributed by atoms with Crippen LogP contribution in [0.25, 0.3) is 0 Å². The van der Waals surface area contributed by atoms with Crippen LogP contribution in [-0.2, 0) is 9.59 Å². The minimum absolute atomic E-state index is 0.198. The molecule has 0 radical (unpaired) electrons. The number of hydrogen-bond acceptors (Lipinski definition) is 4. The van der Waals surface area contributed by atoms with Gasteiger partial charge in [0.25, 0.3) is 5.92 Å². The molecule has 0 aliphatic carbocycles. The molecule has 2 N–H and O–H groups in total. The maximum absolute atomic E-state index is 13.2. The predicted molar refractivity (Wildman–Crippen MR) is 85.2 cm³/mol. The number of carbonyl (C=O) groups is 2. The van der Waals surface area contributed by atoms with E-state index in [0.717, 1.165) is 0 Å². The number of halogens is 2. The molecule has 1 aliphatic heterocycles. The first-order valence-corrected chi connectivity index (χ1v) is 7.68. The average Bonchev–Trinajstić information content (AvgIpc) is 2.92. The Morgan fingerprint density at radius 2 is 2.21 bits per heavy atom. The SMILES string of the molecule is CCN(CC(=O)Nc1cccc(OC)c1)C(=O)C1CC(F)(F)CN1. The summed E-state index contributed by atoms with van der Waals surface area (Å²) in [6.07, 6.45) is -0.542. The zero-order valence-corrected chi connectivity index (χ0v) is 13.6. The molecule has 0 spiro atoms. The molecular formula is C16H21F2N3O3. The molecule has 8 heteroatoms. The number of alkyl halides is 2. The molecule has 1 aromatic carbocycles. The van der Waals surface area contributed by atoms with Crippen LogP contribution >= 0.6 is 0 Å². The molecule has 0 bridgehead atoms. The Labute approximate surface area is 139 Å². The number of nitrogens with one attached hydrogen (secondary N) is 2. The van der Waals surface area contributed by atoms with Gasteiger partial charge in [0.15, 0.2) is 0 Å². The second kappa shape index (κ2) is 7.57. The van der Waals surface area contributed by atoms with Gasteiger partial charge in [-0.25, -0.2) is 8.78 Å². The molecule has 2 rings (SSSR count). The third-order valence-corrected chi connectivity index (χ3v) is 3.79. The number of benzene rings is 1. The van der Waals surface area contributed by atoms with Crippen LogP contribution in [0.4, 0.5) is 14.5 Å². The molecular weight excluding hydrogens is 320 g/mol. The minimum atomic E-state index is -2.89. The second-order valence-corrected chi connectivity index (χ2v) is 5.63. The minimum Gasteiger partial charge on any atom is -0.497 e. The third-order valence-electron chi connectivity index (χ3n) is 3.79. The van der Waals surface area contributed by atoms with E-state index in [-0.39, 0.29) is 13.1 Å². The fraction of sp³-hybridized carbons (Fsp3) is 0.500. The van der Waals surface area contributed by atoms with E-state index in [9.17, 15) is 18.4 Å². The Hall–Kier alpha value is -2.22. The van der Waals surface area contributed by atoms with Gasteiger partial charge in [0.1, 0.15) is 5.75 Å². The van der Waals surface area contributed by atoms with Crippen molar-refractivity contribution < 1.29 is 23.1 Å². The summed E-state index contributed by atoms with van der Waals surface area (Å²) in [5, 5.41) is 5.17. The molecule has 1 atom stereocenters. The van der Waals surface area contributed by atoms with Crippen molar-refractivity contribution in [1.29, 1.82) is 0 Å². The van der Waals surface area contributed by atoms with Crippen LogP contribution in [-0.4, -0.2) is 55.4 Å². The van der Waals surface area contributed by atoms with Crippen LogP contribution in [0.3, 0.4) is 0 Å². The summed E-state index contributed by atoms with van der Waals surface area (Å²) < 4.78 is 31.5. The Bertz CT molecular complexity index is 610. The monoisotopic (exact) mass is 341 g/mol. The number of likely N-dealkylation sites (N-methyl/N-ethyl adjacent to an activating group) is 1. The molecule has 2 amide bonds. The number of hydrogen-bond donors (Lipinski definition) is 2. The van der Waals surface area contributed by atoms with Gasteiger partial charge in [-0.15, -0.1) is 0 Å². The largest absolute Gasteiger partial charge is 0.497 e. The summed E-state index contributed by atoms with van der Waals surface area (Å²) >= 11 is 0. The van der Waals surface area contributed by atoms with E-state index < -0.39 is 36.7 Å². The number of amides is 2. The number of rotatable bonds is 6. The molecule has 1 aromatic rings. The lowest BCUT2D eigenvalue weighted by Crippen LogP contribution is -2.46. The van der Waals surface area contributed by atoms with E-state index in [2.05, 4.69) is 10.6 Å². The van der Waals surface area contributed by atoms with Crippen LogP contribution in [0.2, 0.25) is 0 Å². The molecule has 1 heterocycles. The molecule has 1 fully saturated rings. The van der Waals surface area contributed by atoms with Crippen molar-refractivity contribution >= 4 is 17.5 Å². The lowest BCUT2D eigenvalue weighted by Gasteiger charge is -2.23. The number of ether oxygens (including phenoxy) is 1.